The summed E-state index contributed by atoms with van der Waals surface area (Å²) in [5.41, 5.74) is 29.2. The molecule has 15 atom stereocenters. The van der Waals surface area contributed by atoms with Crippen molar-refractivity contribution in [3.05, 3.63) is 0 Å². The van der Waals surface area contributed by atoms with Crippen LogP contribution in [0.25, 0.3) is 0 Å². The summed E-state index contributed by atoms with van der Waals surface area (Å²) in [6.07, 6.45) is -14.1. The summed E-state index contributed by atoms with van der Waals surface area (Å²) in [5, 5.41) is 64.8. The second kappa shape index (κ2) is 13.5. The molecule has 1 amide bonds. The predicted molar refractivity (Wildman–Crippen MR) is 127 cm³/mol. The number of nitrogens with one attached hydrogen (secondary N) is 1. The fourth-order valence-corrected chi connectivity index (χ4v) is 4.84. The fraction of sp³-hybridized carbons (Fsp3) is 0.952. The number of aliphatic hydroxyl groups is 6. The SMILES string of the molecule is NC[C@@H]1CCC(N)[C@@H](OC2C(O)[C@@H](O[C@H]3OC(CO)[C@@H](O)[C@H](N)C3O)C(NC(=O)[C@@H](O)CN)[C@H](O)[C@@H]2N)O1. The zero-order valence-electron chi connectivity index (χ0n) is 20.8. The predicted octanol–water partition coefficient (Wildman–Crippen LogP) is -7.82. The average Bonchev–Trinajstić information content (AvgIpc) is 2.91. The first-order chi connectivity index (χ1) is 17.9. The van der Waals surface area contributed by atoms with E-state index in [2.05, 4.69) is 5.32 Å². The van der Waals surface area contributed by atoms with Crippen molar-refractivity contribution in [3.8, 4) is 0 Å². The minimum atomic E-state index is -1.69. The highest BCUT2D eigenvalue weighted by atomic mass is 16.7. The monoisotopic (exact) mass is 554 g/mol. The maximum absolute atomic E-state index is 12.4. The Balaban J connectivity index is 1.88. The van der Waals surface area contributed by atoms with Gasteiger partial charge in [-0.3, -0.25) is 4.79 Å². The van der Waals surface area contributed by atoms with E-state index in [4.69, 9.17) is 47.6 Å². The van der Waals surface area contributed by atoms with Gasteiger partial charge < -0.3 is 83.6 Å². The van der Waals surface area contributed by atoms with Gasteiger partial charge in [0.05, 0.1) is 43.0 Å². The smallest absolute Gasteiger partial charge is 0.250 e. The Labute approximate surface area is 219 Å². The Morgan fingerprint density at radius 3 is 2.16 bits per heavy atom. The minimum Gasteiger partial charge on any atom is -0.394 e. The molecule has 0 aromatic carbocycles. The highest BCUT2D eigenvalue weighted by Gasteiger charge is 2.54. The molecule has 2 heterocycles. The van der Waals surface area contributed by atoms with E-state index in [0.29, 0.717) is 12.8 Å². The van der Waals surface area contributed by atoms with Gasteiger partial charge in [0, 0.05) is 13.1 Å². The number of ether oxygens (including phenoxy) is 4. The first-order valence-electron chi connectivity index (χ1n) is 12.5. The number of hydrogen-bond donors (Lipinski definition) is 12. The molecular weight excluding hydrogens is 512 g/mol. The van der Waals surface area contributed by atoms with Crippen LogP contribution in [0.2, 0.25) is 0 Å². The first kappa shape index (κ1) is 31.4. The van der Waals surface area contributed by atoms with Gasteiger partial charge in [0.2, 0.25) is 0 Å². The zero-order valence-corrected chi connectivity index (χ0v) is 20.8. The number of carbonyl (C=O) groups is 1. The van der Waals surface area contributed by atoms with E-state index >= 15 is 0 Å². The van der Waals surface area contributed by atoms with Crippen molar-refractivity contribution in [3.63, 3.8) is 0 Å². The number of rotatable bonds is 9. The van der Waals surface area contributed by atoms with Crippen LogP contribution in [0.4, 0.5) is 0 Å². The van der Waals surface area contributed by atoms with Crippen molar-refractivity contribution in [2.24, 2.45) is 28.7 Å². The molecule has 0 radical (unpaired) electrons. The van der Waals surface area contributed by atoms with Gasteiger partial charge in [0.15, 0.2) is 12.6 Å². The molecule has 38 heavy (non-hydrogen) atoms. The second-order valence-electron chi connectivity index (χ2n) is 9.93. The van der Waals surface area contributed by atoms with Crippen LogP contribution in [-0.2, 0) is 23.7 Å². The molecule has 0 aromatic heterocycles. The van der Waals surface area contributed by atoms with E-state index in [9.17, 15) is 35.4 Å². The molecule has 0 aromatic rings. The van der Waals surface area contributed by atoms with Crippen LogP contribution in [0.15, 0.2) is 0 Å². The Bertz CT molecular complexity index is 771. The first-order valence-corrected chi connectivity index (χ1v) is 12.5. The van der Waals surface area contributed by atoms with Crippen molar-refractivity contribution >= 4 is 5.91 Å². The van der Waals surface area contributed by atoms with E-state index in [1.807, 2.05) is 0 Å². The summed E-state index contributed by atoms with van der Waals surface area (Å²) >= 11 is 0. The molecular formula is C21H42N6O11. The van der Waals surface area contributed by atoms with Gasteiger partial charge in [0.25, 0.3) is 5.91 Å². The molecule has 17 heteroatoms. The van der Waals surface area contributed by atoms with E-state index in [1.165, 1.54) is 0 Å². The Hall–Kier alpha value is -1.13. The summed E-state index contributed by atoms with van der Waals surface area (Å²) in [6, 6.07) is -4.68. The summed E-state index contributed by atoms with van der Waals surface area (Å²) in [7, 11) is 0. The minimum absolute atomic E-state index is 0.201. The molecule has 3 rings (SSSR count). The van der Waals surface area contributed by atoms with Crippen molar-refractivity contribution in [2.75, 3.05) is 19.7 Å². The molecule has 17 N–H and O–H groups in total. The van der Waals surface area contributed by atoms with Crippen LogP contribution in [-0.4, -0.2) is 148 Å². The van der Waals surface area contributed by atoms with Crippen molar-refractivity contribution in [2.45, 2.75) is 105 Å². The highest BCUT2D eigenvalue weighted by molar-refractivity contribution is 5.81. The lowest BCUT2D eigenvalue weighted by Crippen LogP contribution is -2.74. The second-order valence-corrected chi connectivity index (χ2v) is 9.93. The molecule has 0 spiro atoms. The highest BCUT2D eigenvalue weighted by Crippen LogP contribution is 2.31. The largest absolute Gasteiger partial charge is 0.394 e. The fourth-order valence-electron chi connectivity index (χ4n) is 4.84. The Morgan fingerprint density at radius 1 is 0.895 bits per heavy atom. The van der Waals surface area contributed by atoms with Gasteiger partial charge >= 0.3 is 0 Å². The topological polar surface area (TPSA) is 318 Å². The molecule has 222 valence electrons. The van der Waals surface area contributed by atoms with Crippen LogP contribution >= 0.6 is 0 Å². The lowest BCUT2D eigenvalue weighted by Gasteiger charge is -2.50. The van der Waals surface area contributed by atoms with Gasteiger partial charge in [-0.05, 0) is 12.8 Å². The molecule has 6 unspecified atom stereocenters. The van der Waals surface area contributed by atoms with Crippen molar-refractivity contribution < 1.29 is 54.4 Å². The van der Waals surface area contributed by atoms with Crippen molar-refractivity contribution in [1.82, 2.24) is 5.32 Å². The molecule has 3 aliphatic rings. The molecule has 17 nitrogen and oxygen atoms in total. The maximum atomic E-state index is 12.4. The normalized spacial score (nSPS) is 46.9. The van der Waals surface area contributed by atoms with E-state index in [-0.39, 0.29) is 12.6 Å². The summed E-state index contributed by atoms with van der Waals surface area (Å²) in [6.45, 7) is -0.905. The van der Waals surface area contributed by atoms with Crippen LogP contribution < -0.4 is 34.0 Å². The maximum Gasteiger partial charge on any atom is 0.250 e. The standard InChI is InChI=1S/C21H42N6O11/c22-3-6-1-2-7(24)20(35-6)37-17-11(26)14(31)12(27-19(34)8(29)4-23)18(16(17)33)38-21-15(32)10(25)13(30)9(5-28)36-21/h6-18,20-21,28-33H,1-5,22-26H2,(H,27,34)/t6-,7?,8-,9?,10-,11-,12?,13+,14+,15?,16?,17?,18-,20+,21+/m0/s1. The Morgan fingerprint density at radius 2 is 1.55 bits per heavy atom. The third kappa shape index (κ3) is 6.60. The Kier molecular flexibility index (Phi) is 11.1. The number of amides is 1. The number of nitrogens with two attached hydrogens (primary N) is 5. The summed E-state index contributed by atoms with van der Waals surface area (Å²) < 4.78 is 22.9. The number of aliphatic hydroxyl groups excluding tert-OH is 6. The third-order valence-electron chi connectivity index (χ3n) is 7.28. The van der Waals surface area contributed by atoms with Crippen LogP contribution in [0.5, 0.6) is 0 Å². The molecule has 0 bridgehead atoms. The number of hydrogen-bond acceptors (Lipinski definition) is 16. The lowest BCUT2D eigenvalue weighted by atomic mass is 9.81. The van der Waals surface area contributed by atoms with Gasteiger partial charge in [-0.25, -0.2) is 0 Å². The molecule has 3 fully saturated rings. The van der Waals surface area contributed by atoms with Crippen LogP contribution in [0.3, 0.4) is 0 Å². The van der Waals surface area contributed by atoms with Gasteiger partial charge in [0.1, 0.15) is 42.7 Å². The molecule has 1 saturated carbocycles. The van der Waals surface area contributed by atoms with Gasteiger partial charge in [-0.1, -0.05) is 0 Å². The van der Waals surface area contributed by atoms with E-state index in [1.54, 1.807) is 0 Å². The molecule has 2 aliphatic heterocycles. The van der Waals surface area contributed by atoms with Crippen LogP contribution in [0, 0.1) is 0 Å². The number of carbonyl (C=O) groups excluding carboxylic acids is 1. The van der Waals surface area contributed by atoms with E-state index < -0.39 is 105 Å². The molecule has 1 aliphatic carbocycles. The summed E-state index contributed by atoms with van der Waals surface area (Å²) in [4.78, 5) is 12.4. The average molecular weight is 555 g/mol. The van der Waals surface area contributed by atoms with Crippen molar-refractivity contribution in [1.29, 1.82) is 0 Å². The molecule has 2 saturated heterocycles. The zero-order chi connectivity index (χ0) is 28.3. The summed E-state index contributed by atoms with van der Waals surface area (Å²) in [5.74, 6) is -0.988. The van der Waals surface area contributed by atoms with Gasteiger partial charge in [-0.15, -0.1) is 0 Å². The van der Waals surface area contributed by atoms with Crippen LogP contribution in [0.1, 0.15) is 12.8 Å². The quantitative estimate of drug-likeness (QED) is 0.126. The van der Waals surface area contributed by atoms with Gasteiger partial charge in [-0.2, -0.15) is 0 Å². The lowest BCUT2D eigenvalue weighted by molar-refractivity contribution is -0.319. The van der Waals surface area contributed by atoms with E-state index in [0.717, 1.165) is 0 Å². The third-order valence-corrected chi connectivity index (χ3v) is 7.28.